The fraction of sp³-hybridized carbons (Fsp3) is 0.364. The number of hydrogen-bond acceptors (Lipinski definition) is 4. The zero-order valence-electron chi connectivity index (χ0n) is 9.50. The van der Waals surface area contributed by atoms with Gasteiger partial charge in [-0.2, -0.15) is 0 Å². The third-order valence-corrected chi connectivity index (χ3v) is 4.48. The first-order chi connectivity index (χ1) is 7.99. The van der Waals surface area contributed by atoms with Gasteiger partial charge in [0.05, 0.1) is 12.8 Å². The minimum Gasteiger partial charge on any atom is -0.468 e. The number of thioether (sulfide) groups is 1. The van der Waals surface area contributed by atoms with Gasteiger partial charge in [0.2, 0.25) is 0 Å². The molecule has 0 saturated heterocycles. The van der Waals surface area contributed by atoms with Crippen LogP contribution < -0.4 is 5.73 Å². The summed E-state index contributed by atoms with van der Waals surface area (Å²) < 4.78 is 18.4. The molecule has 17 heavy (non-hydrogen) atoms. The molecule has 94 valence electrons. The Hall–Kier alpha value is -0.750. The van der Waals surface area contributed by atoms with E-state index in [4.69, 9.17) is 5.73 Å². The standard InChI is InChI=1S/C11H13BrFNO2S/c1-3-9(11(15)16-2)17-10-5-8(14)7(13)4-6(10)12/h4-5,9H,3,14H2,1-2H3. The molecule has 3 nitrogen and oxygen atoms in total. The molecular weight excluding hydrogens is 309 g/mol. The van der Waals surface area contributed by atoms with Crippen LogP contribution in [0.4, 0.5) is 10.1 Å². The van der Waals surface area contributed by atoms with Gasteiger partial charge in [0, 0.05) is 9.37 Å². The first-order valence-electron chi connectivity index (χ1n) is 4.98. The quantitative estimate of drug-likeness (QED) is 0.525. The fourth-order valence-electron chi connectivity index (χ4n) is 1.22. The van der Waals surface area contributed by atoms with Crippen LogP contribution in [0.1, 0.15) is 13.3 Å². The Kier molecular flexibility index (Phi) is 5.27. The van der Waals surface area contributed by atoms with E-state index in [1.807, 2.05) is 6.92 Å². The number of esters is 1. The van der Waals surface area contributed by atoms with Crippen LogP contribution in [0.5, 0.6) is 0 Å². The Labute approximate surface area is 112 Å². The molecule has 1 rings (SSSR count). The molecular formula is C11H13BrFNO2S. The van der Waals surface area contributed by atoms with Crippen molar-refractivity contribution in [3.63, 3.8) is 0 Å². The fourth-order valence-corrected chi connectivity index (χ4v) is 2.85. The van der Waals surface area contributed by atoms with Crippen LogP contribution in [-0.4, -0.2) is 18.3 Å². The van der Waals surface area contributed by atoms with Gasteiger partial charge in [-0.15, -0.1) is 11.8 Å². The number of halogens is 2. The predicted octanol–water partition coefficient (Wildman–Crippen LogP) is 3.21. The topological polar surface area (TPSA) is 52.3 Å². The Morgan fingerprint density at radius 3 is 2.82 bits per heavy atom. The van der Waals surface area contributed by atoms with E-state index in [2.05, 4.69) is 20.7 Å². The number of nitrogens with two attached hydrogens (primary N) is 1. The van der Waals surface area contributed by atoms with Crippen LogP contribution in [-0.2, 0) is 9.53 Å². The Bertz CT molecular complexity index is 428. The van der Waals surface area contributed by atoms with Crippen molar-refractivity contribution in [2.75, 3.05) is 12.8 Å². The van der Waals surface area contributed by atoms with Crippen molar-refractivity contribution in [2.24, 2.45) is 0 Å². The van der Waals surface area contributed by atoms with Gasteiger partial charge in [-0.25, -0.2) is 4.39 Å². The van der Waals surface area contributed by atoms with E-state index in [9.17, 15) is 9.18 Å². The summed E-state index contributed by atoms with van der Waals surface area (Å²) in [4.78, 5) is 12.2. The van der Waals surface area contributed by atoms with Crippen molar-refractivity contribution in [1.29, 1.82) is 0 Å². The normalized spacial score (nSPS) is 12.2. The third-order valence-electron chi connectivity index (χ3n) is 2.16. The molecule has 1 unspecified atom stereocenters. The first-order valence-corrected chi connectivity index (χ1v) is 6.65. The second kappa shape index (κ2) is 6.26. The molecule has 0 aliphatic heterocycles. The summed E-state index contributed by atoms with van der Waals surface area (Å²) in [5.41, 5.74) is 5.56. The van der Waals surface area contributed by atoms with Crippen molar-refractivity contribution in [1.82, 2.24) is 0 Å². The number of methoxy groups -OCH3 is 1. The van der Waals surface area contributed by atoms with Crippen LogP contribution in [0.2, 0.25) is 0 Å². The number of anilines is 1. The number of rotatable bonds is 4. The predicted molar refractivity (Wildman–Crippen MR) is 70.5 cm³/mol. The van der Waals surface area contributed by atoms with Gasteiger partial charge in [0.15, 0.2) is 0 Å². The van der Waals surface area contributed by atoms with E-state index in [1.165, 1.54) is 31.0 Å². The smallest absolute Gasteiger partial charge is 0.319 e. The highest BCUT2D eigenvalue weighted by Crippen LogP contribution is 2.35. The van der Waals surface area contributed by atoms with Gasteiger partial charge in [-0.05, 0) is 34.5 Å². The Morgan fingerprint density at radius 1 is 1.65 bits per heavy atom. The van der Waals surface area contributed by atoms with Crippen molar-refractivity contribution in [3.8, 4) is 0 Å². The largest absolute Gasteiger partial charge is 0.468 e. The third kappa shape index (κ3) is 3.61. The average molecular weight is 322 g/mol. The van der Waals surface area contributed by atoms with Crippen molar-refractivity contribution in [2.45, 2.75) is 23.5 Å². The molecule has 1 aromatic rings. The van der Waals surface area contributed by atoms with Gasteiger partial charge in [-0.3, -0.25) is 4.79 Å². The lowest BCUT2D eigenvalue weighted by molar-refractivity contribution is -0.140. The van der Waals surface area contributed by atoms with Gasteiger partial charge in [0.25, 0.3) is 0 Å². The summed E-state index contributed by atoms with van der Waals surface area (Å²) in [7, 11) is 1.35. The number of hydrogen-bond donors (Lipinski definition) is 1. The summed E-state index contributed by atoms with van der Waals surface area (Å²) in [6.07, 6.45) is 0.626. The molecule has 0 aliphatic rings. The molecule has 6 heteroatoms. The van der Waals surface area contributed by atoms with Gasteiger partial charge >= 0.3 is 5.97 Å². The average Bonchev–Trinajstić information content (AvgIpc) is 2.31. The second-order valence-electron chi connectivity index (χ2n) is 3.34. The molecule has 0 bridgehead atoms. The number of carbonyl (C=O) groups is 1. The zero-order chi connectivity index (χ0) is 13.0. The lowest BCUT2D eigenvalue weighted by Gasteiger charge is -2.13. The maximum atomic E-state index is 13.1. The molecule has 0 radical (unpaired) electrons. The summed E-state index contributed by atoms with van der Waals surface area (Å²) in [5, 5.41) is -0.318. The minimum absolute atomic E-state index is 0.0652. The lowest BCUT2D eigenvalue weighted by Crippen LogP contribution is -2.17. The molecule has 0 spiro atoms. The van der Waals surface area contributed by atoms with Crippen LogP contribution in [0, 0.1) is 5.82 Å². The van der Waals surface area contributed by atoms with Crippen LogP contribution in [0.25, 0.3) is 0 Å². The molecule has 0 saturated carbocycles. The van der Waals surface area contributed by atoms with Crippen LogP contribution >= 0.6 is 27.7 Å². The number of carbonyl (C=O) groups excluding carboxylic acids is 1. The molecule has 0 heterocycles. The van der Waals surface area contributed by atoms with Crippen LogP contribution in [0.15, 0.2) is 21.5 Å². The van der Waals surface area contributed by atoms with E-state index >= 15 is 0 Å². The highest BCUT2D eigenvalue weighted by Gasteiger charge is 2.20. The SMILES string of the molecule is CCC(Sc1cc(N)c(F)cc1Br)C(=O)OC. The van der Waals surface area contributed by atoms with E-state index in [0.717, 1.165) is 4.90 Å². The van der Waals surface area contributed by atoms with E-state index in [1.54, 1.807) is 0 Å². The molecule has 1 atom stereocenters. The zero-order valence-corrected chi connectivity index (χ0v) is 11.9. The van der Waals surface area contributed by atoms with E-state index in [0.29, 0.717) is 10.9 Å². The monoisotopic (exact) mass is 321 g/mol. The van der Waals surface area contributed by atoms with Crippen molar-refractivity contribution in [3.05, 3.63) is 22.4 Å². The van der Waals surface area contributed by atoms with Gasteiger partial charge in [-0.1, -0.05) is 6.92 Å². The van der Waals surface area contributed by atoms with E-state index in [-0.39, 0.29) is 16.9 Å². The highest BCUT2D eigenvalue weighted by molar-refractivity contribution is 9.10. The Balaban J connectivity index is 2.94. The summed E-state index contributed by atoms with van der Waals surface area (Å²) in [5.74, 6) is -0.778. The molecule has 0 amide bonds. The number of ether oxygens (including phenoxy) is 1. The van der Waals surface area contributed by atoms with Gasteiger partial charge < -0.3 is 10.5 Å². The number of nitrogen functional groups attached to an aromatic ring is 1. The van der Waals surface area contributed by atoms with E-state index < -0.39 is 5.82 Å². The highest BCUT2D eigenvalue weighted by atomic mass is 79.9. The summed E-state index contributed by atoms with van der Waals surface area (Å²) in [6, 6.07) is 2.80. The maximum absolute atomic E-state index is 13.1. The van der Waals surface area contributed by atoms with Crippen molar-refractivity contribution < 1.29 is 13.9 Å². The molecule has 0 fully saturated rings. The first kappa shape index (κ1) is 14.3. The molecule has 0 aromatic heterocycles. The van der Waals surface area contributed by atoms with Crippen LogP contribution in [0.3, 0.4) is 0 Å². The molecule has 0 aliphatic carbocycles. The Morgan fingerprint density at radius 2 is 2.29 bits per heavy atom. The number of benzene rings is 1. The molecule has 2 N–H and O–H groups in total. The molecule has 1 aromatic carbocycles. The van der Waals surface area contributed by atoms with Gasteiger partial charge in [0.1, 0.15) is 11.1 Å². The minimum atomic E-state index is -0.479. The summed E-state index contributed by atoms with van der Waals surface area (Å²) >= 11 is 4.54. The summed E-state index contributed by atoms with van der Waals surface area (Å²) in [6.45, 7) is 1.88. The van der Waals surface area contributed by atoms with Crippen molar-refractivity contribution >= 4 is 39.3 Å². The lowest BCUT2D eigenvalue weighted by atomic mass is 10.3. The second-order valence-corrected chi connectivity index (χ2v) is 5.44. The maximum Gasteiger partial charge on any atom is 0.319 e.